The van der Waals surface area contributed by atoms with Crippen LogP contribution >= 0.6 is 28.1 Å². The maximum Gasteiger partial charge on any atom is 0.257 e. The summed E-state index contributed by atoms with van der Waals surface area (Å²) in [4.78, 5) is 12.2. The van der Waals surface area contributed by atoms with Crippen molar-refractivity contribution >= 4 is 44.9 Å². The molecule has 126 valence electrons. The van der Waals surface area contributed by atoms with E-state index >= 15 is 0 Å². The van der Waals surface area contributed by atoms with Gasteiger partial charge in [0.2, 0.25) is 0 Å². The highest BCUT2D eigenvalue weighted by molar-refractivity contribution is 9.10. The minimum atomic E-state index is -0.260. The van der Waals surface area contributed by atoms with E-state index in [-0.39, 0.29) is 11.0 Å². The van der Waals surface area contributed by atoms with Crippen LogP contribution in [-0.2, 0) is 0 Å². The van der Waals surface area contributed by atoms with Crippen LogP contribution in [0.1, 0.15) is 30.1 Å². The van der Waals surface area contributed by atoms with Gasteiger partial charge in [-0.25, -0.2) is 0 Å². The molecule has 2 rings (SSSR count). The molecule has 0 saturated heterocycles. The summed E-state index contributed by atoms with van der Waals surface area (Å²) >= 11 is 8.53. The number of amides is 1. The summed E-state index contributed by atoms with van der Waals surface area (Å²) in [6.07, 6.45) is 2.10. The number of nitrogens with one attached hydrogen (secondary N) is 2. The molecule has 2 aromatic rings. The average molecular weight is 407 g/mol. The maximum absolute atomic E-state index is 12.2. The molecule has 24 heavy (non-hydrogen) atoms. The molecule has 0 atom stereocenters. The summed E-state index contributed by atoms with van der Waals surface area (Å²) < 4.78 is 6.55. The topological polar surface area (TPSA) is 50.4 Å². The van der Waals surface area contributed by atoms with Gasteiger partial charge in [0, 0.05) is 15.7 Å². The second-order valence-corrected chi connectivity index (χ2v) is 6.47. The molecular weight excluding hydrogens is 388 g/mol. The zero-order valence-electron chi connectivity index (χ0n) is 13.3. The molecule has 6 heteroatoms. The Kier molecular flexibility index (Phi) is 7.21. The Balaban J connectivity index is 1.86. The lowest BCUT2D eigenvalue weighted by Crippen LogP contribution is -2.34. The molecule has 0 fully saturated rings. The van der Waals surface area contributed by atoms with Gasteiger partial charge in [0.1, 0.15) is 5.75 Å². The second-order valence-electron chi connectivity index (χ2n) is 5.14. The number of halogens is 1. The Labute approximate surface area is 155 Å². The molecule has 2 N–H and O–H groups in total. The highest BCUT2D eigenvalue weighted by Gasteiger charge is 2.08. The Morgan fingerprint density at radius 2 is 1.79 bits per heavy atom. The van der Waals surface area contributed by atoms with Crippen LogP contribution < -0.4 is 15.4 Å². The van der Waals surface area contributed by atoms with Gasteiger partial charge in [-0.1, -0.05) is 29.3 Å². The third-order valence-electron chi connectivity index (χ3n) is 3.21. The summed E-state index contributed by atoms with van der Waals surface area (Å²) in [7, 11) is 0. The number of thiocarbonyl (C=S) groups is 1. The Morgan fingerprint density at radius 1 is 1.12 bits per heavy atom. The third-order valence-corrected chi connectivity index (χ3v) is 3.95. The number of carbonyl (C=O) groups is 1. The lowest BCUT2D eigenvalue weighted by molar-refractivity contribution is 0.0977. The fourth-order valence-corrected chi connectivity index (χ4v) is 2.38. The monoisotopic (exact) mass is 406 g/mol. The summed E-state index contributed by atoms with van der Waals surface area (Å²) in [5.74, 6) is 0.500. The first kappa shape index (κ1) is 18.4. The SMILES string of the molecule is CCCCOc1ccc(C(=O)NC(=S)Nc2ccc(Br)cc2)cc1. The van der Waals surface area contributed by atoms with Crippen LogP contribution in [0.5, 0.6) is 5.75 Å². The van der Waals surface area contributed by atoms with Gasteiger partial charge in [-0.05, 0) is 67.2 Å². The van der Waals surface area contributed by atoms with Crippen molar-refractivity contribution in [3.63, 3.8) is 0 Å². The lowest BCUT2D eigenvalue weighted by Gasteiger charge is -2.10. The number of carbonyl (C=O) groups excluding carboxylic acids is 1. The zero-order chi connectivity index (χ0) is 17.4. The molecule has 1 amide bonds. The van der Waals surface area contributed by atoms with Crippen LogP contribution in [-0.4, -0.2) is 17.6 Å². The summed E-state index contributed by atoms with van der Waals surface area (Å²) in [5.41, 5.74) is 1.33. The van der Waals surface area contributed by atoms with Crippen LogP contribution in [0.15, 0.2) is 53.0 Å². The van der Waals surface area contributed by atoms with Gasteiger partial charge >= 0.3 is 0 Å². The van der Waals surface area contributed by atoms with E-state index in [1.807, 2.05) is 24.3 Å². The Hall–Kier alpha value is -1.92. The number of unbranched alkanes of at least 4 members (excludes halogenated alkanes) is 1. The molecule has 0 spiro atoms. The average Bonchev–Trinajstić information content (AvgIpc) is 2.58. The number of benzene rings is 2. The third kappa shape index (κ3) is 5.94. The molecule has 0 aliphatic rings. The van der Waals surface area contributed by atoms with Crippen molar-refractivity contribution in [1.29, 1.82) is 0 Å². The van der Waals surface area contributed by atoms with Gasteiger partial charge < -0.3 is 10.1 Å². The van der Waals surface area contributed by atoms with Gasteiger partial charge in [0.15, 0.2) is 5.11 Å². The molecule has 0 radical (unpaired) electrons. The van der Waals surface area contributed by atoms with Gasteiger partial charge in [0.05, 0.1) is 6.61 Å². The van der Waals surface area contributed by atoms with Gasteiger partial charge in [0.25, 0.3) is 5.91 Å². The van der Waals surface area contributed by atoms with Gasteiger partial charge in [-0.15, -0.1) is 0 Å². The van der Waals surface area contributed by atoms with E-state index in [1.165, 1.54) is 0 Å². The number of hydrogen-bond donors (Lipinski definition) is 2. The first-order valence-corrected chi connectivity index (χ1v) is 8.89. The van der Waals surface area contributed by atoms with Crippen LogP contribution in [0.3, 0.4) is 0 Å². The van der Waals surface area contributed by atoms with Crippen molar-refractivity contribution < 1.29 is 9.53 Å². The fourth-order valence-electron chi connectivity index (χ4n) is 1.91. The summed E-state index contributed by atoms with van der Waals surface area (Å²) in [5, 5.41) is 5.88. The number of hydrogen-bond acceptors (Lipinski definition) is 3. The molecule has 0 aliphatic heterocycles. The largest absolute Gasteiger partial charge is 0.494 e. The van der Waals surface area contributed by atoms with Crippen molar-refractivity contribution in [3.8, 4) is 5.75 Å². The van der Waals surface area contributed by atoms with E-state index in [1.54, 1.807) is 24.3 Å². The van der Waals surface area contributed by atoms with Crippen molar-refractivity contribution in [2.45, 2.75) is 19.8 Å². The predicted octanol–water partition coefficient (Wildman–Crippen LogP) is 4.75. The highest BCUT2D eigenvalue weighted by Crippen LogP contribution is 2.15. The lowest BCUT2D eigenvalue weighted by atomic mass is 10.2. The van der Waals surface area contributed by atoms with E-state index in [9.17, 15) is 4.79 Å². The van der Waals surface area contributed by atoms with Crippen LogP contribution in [0.25, 0.3) is 0 Å². The van der Waals surface area contributed by atoms with E-state index in [2.05, 4.69) is 33.5 Å². The van der Waals surface area contributed by atoms with Crippen LogP contribution in [0.4, 0.5) is 5.69 Å². The molecule has 0 aromatic heterocycles. The molecule has 0 heterocycles. The van der Waals surface area contributed by atoms with Crippen molar-refractivity contribution in [1.82, 2.24) is 5.32 Å². The highest BCUT2D eigenvalue weighted by atomic mass is 79.9. The van der Waals surface area contributed by atoms with E-state index < -0.39 is 0 Å². The van der Waals surface area contributed by atoms with Crippen LogP contribution in [0.2, 0.25) is 0 Å². The van der Waals surface area contributed by atoms with Crippen LogP contribution in [0, 0.1) is 0 Å². The molecule has 0 saturated carbocycles. The van der Waals surface area contributed by atoms with E-state index in [4.69, 9.17) is 17.0 Å². The quantitative estimate of drug-likeness (QED) is 0.536. The summed E-state index contributed by atoms with van der Waals surface area (Å²) in [6, 6.07) is 14.5. The Morgan fingerprint density at radius 3 is 2.42 bits per heavy atom. The van der Waals surface area contributed by atoms with Gasteiger partial charge in [-0.3, -0.25) is 10.1 Å². The molecule has 2 aromatic carbocycles. The molecule has 0 aliphatic carbocycles. The predicted molar refractivity (Wildman–Crippen MR) is 105 cm³/mol. The smallest absolute Gasteiger partial charge is 0.257 e. The normalized spacial score (nSPS) is 10.1. The first-order valence-electron chi connectivity index (χ1n) is 7.69. The number of ether oxygens (including phenoxy) is 1. The Bertz CT molecular complexity index is 687. The molecule has 0 unspecified atom stereocenters. The van der Waals surface area contributed by atoms with Crippen molar-refractivity contribution in [2.24, 2.45) is 0 Å². The molecule has 4 nitrogen and oxygen atoms in total. The maximum atomic E-state index is 12.2. The zero-order valence-corrected chi connectivity index (χ0v) is 15.7. The first-order chi connectivity index (χ1) is 11.6. The number of rotatable bonds is 6. The minimum absolute atomic E-state index is 0.255. The summed E-state index contributed by atoms with van der Waals surface area (Å²) in [6.45, 7) is 2.80. The van der Waals surface area contributed by atoms with E-state index in [0.717, 1.165) is 28.8 Å². The molecule has 0 bridgehead atoms. The fraction of sp³-hybridized carbons (Fsp3) is 0.222. The standard InChI is InChI=1S/C18H19BrN2O2S/c1-2-3-12-23-16-10-4-13(5-11-16)17(22)21-18(24)20-15-8-6-14(19)7-9-15/h4-11H,2-3,12H2,1H3,(H2,20,21,22,24). The van der Waals surface area contributed by atoms with Gasteiger partial charge in [-0.2, -0.15) is 0 Å². The van der Waals surface area contributed by atoms with Crippen molar-refractivity contribution in [3.05, 3.63) is 58.6 Å². The second kappa shape index (κ2) is 9.39. The number of anilines is 1. The van der Waals surface area contributed by atoms with Crippen molar-refractivity contribution in [2.75, 3.05) is 11.9 Å². The minimum Gasteiger partial charge on any atom is -0.494 e. The molecular formula is C18H19BrN2O2S. The van der Waals surface area contributed by atoms with E-state index in [0.29, 0.717) is 12.2 Å².